The summed E-state index contributed by atoms with van der Waals surface area (Å²) in [7, 11) is 0. The van der Waals surface area contributed by atoms with Crippen molar-refractivity contribution in [3.63, 3.8) is 0 Å². The quantitative estimate of drug-likeness (QED) is 0.366. The topological polar surface area (TPSA) is 37.3 Å². The van der Waals surface area contributed by atoms with Crippen LogP contribution in [0.2, 0.25) is 0 Å². The van der Waals surface area contributed by atoms with Crippen LogP contribution in [0.15, 0.2) is 0 Å². The number of hydrogen-bond acceptors (Lipinski definition) is 1. The van der Waals surface area contributed by atoms with Gasteiger partial charge in [0, 0.05) is 6.42 Å². The predicted octanol–water partition coefficient (Wildman–Crippen LogP) is -3.34. The molecule has 0 spiro atoms. The molecule has 0 aromatic heterocycles. The minimum Gasteiger partial charge on any atom is -1.00 e. The molecule has 0 aliphatic carbocycles. The molecule has 1 N–H and O–H groups in total. The van der Waals surface area contributed by atoms with Crippen LogP contribution in [0, 0.1) is 0 Å². The van der Waals surface area contributed by atoms with Crippen molar-refractivity contribution in [2.45, 2.75) is 45.4 Å². The molecular formula is C8H18KNaO2. The summed E-state index contributed by atoms with van der Waals surface area (Å²) in [4.78, 5) is 10.0. The van der Waals surface area contributed by atoms with E-state index >= 15 is 0 Å². The van der Waals surface area contributed by atoms with E-state index in [1.807, 2.05) is 0 Å². The van der Waals surface area contributed by atoms with Crippen LogP contribution in [0.3, 0.4) is 0 Å². The van der Waals surface area contributed by atoms with Gasteiger partial charge in [-0.15, -0.1) is 0 Å². The first-order valence-corrected chi connectivity index (χ1v) is 3.99. The second-order valence-electron chi connectivity index (χ2n) is 2.56. The summed E-state index contributed by atoms with van der Waals surface area (Å²) in [5, 5.41) is 8.27. The van der Waals surface area contributed by atoms with E-state index < -0.39 is 5.97 Å². The summed E-state index contributed by atoms with van der Waals surface area (Å²) < 4.78 is 0. The van der Waals surface area contributed by atoms with Crippen molar-refractivity contribution in [1.29, 1.82) is 0 Å². The first kappa shape index (κ1) is 19.6. The Hall–Kier alpha value is 2.11. The van der Waals surface area contributed by atoms with Crippen molar-refractivity contribution >= 4 is 5.97 Å². The third kappa shape index (κ3) is 18.0. The van der Waals surface area contributed by atoms with Gasteiger partial charge < -0.3 is 7.96 Å². The van der Waals surface area contributed by atoms with E-state index in [0.29, 0.717) is 6.42 Å². The zero-order valence-electron chi connectivity index (χ0n) is 10.6. The van der Waals surface area contributed by atoms with Crippen LogP contribution in [0.1, 0.15) is 48.3 Å². The molecule has 0 radical (unpaired) electrons. The van der Waals surface area contributed by atoms with Gasteiger partial charge in [0.05, 0.1) is 0 Å². The van der Waals surface area contributed by atoms with Gasteiger partial charge in [-0.25, -0.2) is 0 Å². The summed E-state index contributed by atoms with van der Waals surface area (Å²) in [6.07, 6.45) is 5.88. The molecule has 12 heavy (non-hydrogen) atoms. The summed E-state index contributed by atoms with van der Waals surface area (Å²) >= 11 is 0. The van der Waals surface area contributed by atoms with Crippen molar-refractivity contribution in [3.05, 3.63) is 0 Å². The molecule has 0 atom stereocenters. The van der Waals surface area contributed by atoms with Crippen molar-refractivity contribution < 1.29 is 93.7 Å². The molecule has 4 heteroatoms. The average molecular weight is 208 g/mol. The first-order valence-electron chi connectivity index (χ1n) is 3.99. The van der Waals surface area contributed by atoms with Gasteiger partial charge in [0.1, 0.15) is 0 Å². The molecule has 0 aliphatic rings. The Labute approximate surface area is 143 Å². The Morgan fingerprint density at radius 2 is 1.75 bits per heavy atom. The number of aliphatic carboxylic acids is 1. The van der Waals surface area contributed by atoms with Crippen LogP contribution in [-0.2, 0) is 4.79 Å². The SMILES string of the molecule is CCCCCCCC(=O)O.[H-].[H-].[K+].[Na+]. The normalized spacial score (nSPS) is 8.08. The van der Waals surface area contributed by atoms with Gasteiger partial charge in [-0.05, 0) is 6.42 Å². The van der Waals surface area contributed by atoms with E-state index in [4.69, 9.17) is 5.11 Å². The zero-order valence-corrected chi connectivity index (χ0v) is 13.7. The van der Waals surface area contributed by atoms with Crippen LogP contribution < -0.4 is 80.9 Å². The fraction of sp³-hybridized carbons (Fsp3) is 0.875. The third-order valence-corrected chi connectivity index (χ3v) is 1.49. The van der Waals surface area contributed by atoms with Crippen LogP contribution in [0.5, 0.6) is 0 Å². The molecule has 0 unspecified atom stereocenters. The second-order valence-corrected chi connectivity index (χ2v) is 2.56. The number of unbranched alkanes of at least 4 members (excludes halogenated alkanes) is 4. The molecular weight excluding hydrogens is 190 g/mol. The van der Waals surface area contributed by atoms with E-state index in [9.17, 15) is 4.79 Å². The van der Waals surface area contributed by atoms with Gasteiger partial charge >= 0.3 is 86.9 Å². The van der Waals surface area contributed by atoms with Gasteiger partial charge in [0.25, 0.3) is 0 Å². The maximum absolute atomic E-state index is 10.0. The number of rotatable bonds is 6. The monoisotopic (exact) mass is 208 g/mol. The molecule has 0 bridgehead atoms. The Morgan fingerprint density at radius 3 is 2.17 bits per heavy atom. The van der Waals surface area contributed by atoms with Crippen molar-refractivity contribution in [2.24, 2.45) is 0 Å². The predicted molar refractivity (Wildman–Crippen MR) is 43.2 cm³/mol. The third-order valence-electron chi connectivity index (χ3n) is 1.49. The smallest absolute Gasteiger partial charge is 1.00 e. The van der Waals surface area contributed by atoms with Gasteiger partial charge in [0.2, 0.25) is 0 Å². The van der Waals surface area contributed by atoms with Gasteiger partial charge in [-0.2, -0.15) is 0 Å². The van der Waals surface area contributed by atoms with E-state index in [1.165, 1.54) is 19.3 Å². The van der Waals surface area contributed by atoms with Crippen LogP contribution >= 0.6 is 0 Å². The van der Waals surface area contributed by atoms with E-state index in [1.54, 1.807) is 0 Å². The number of hydrogen-bond donors (Lipinski definition) is 1. The molecule has 0 amide bonds. The van der Waals surface area contributed by atoms with Gasteiger partial charge in [-0.1, -0.05) is 32.6 Å². The molecule has 2 nitrogen and oxygen atoms in total. The zero-order chi connectivity index (χ0) is 7.82. The minimum atomic E-state index is -0.670. The fourth-order valence-corrected chi connectivity index (χ4v) is 0.880. The molecule has 64 valence electrons. The van der Waals surface area contributed by atoms with E-state index in [-0.39, 0.29) is 83.8 Å². The molecule has 0 aromatic rings. The average Bonchev–Trinajstić information content (AvgIpc) is 1.87. The molecule has 0 saturated heterocycles. The summed E-state index contributed by atoms with van der Waals surface area (Å²) in [6, 6.07) is 0. The Balaban J connectivity index is -0.0000000675. The second kappa shape index (κ2) is 15.6. The molecule has 0 aliphatic heterocycles. The summed E-state index contributed by atoms with van der Waals surface area (Å²) in [6.45, 7) is 2.15. The summed E-state index contributed by atoms with van der Waals surface area (Å²) in [5.41, 5.74) is 0. The first-order chi connectivity index (χ1) is 4.77. The van der Waals surface area contributed by atoms with Gasteiger partial charge in [-0.3, -0.25) is 4.79 Å². The number of carbonyl (C=O) groups is 1. The van der Waals surface area contributed by atoms with Crippen LogP contribution in [-0.4, -0.2) is 11.1 Å². The van der Waals surface area contributed by atoms with Crippen LogP contribution in [0.25, 0.3) is 0 Å². The summed E-state index contributed by atoms with van der Waals surface area (Å²) in [5.74, 6) is -0.670. The van der Waals surface area contributed by atoms with Crippen molar-refractivity contribution in [3.8, 4) is 0 Å². The standard InChI is InChI=1S/C8H16O2.K.Na.2H/c1-2-3-4-5-6-7-8(9)10;;;;/h2-7H2,1H3,(H,9,10);;;;/q;2*+1;2*-1. The molecule has 0 fully saturated rings. The van der Waals surface area contributed by atoms with Crippen LogP contribution in [0.4, 0.5) is 0 Å². The minimum absolute atomic E-state index is 0. The number of carboxylic acids is 1. The Bertz CT molecular complexity index is 107. The molecule has 0 saturated carbocycles. The maximum Gasteiger partial charge on any atom is 1.00 e. The van der Waals surface area contributed by atoms with Crippen molar-refractivity contribution in [1.82, 2.24) is 0 Å². The largest absolute Gasteiger partial charge is 1.00 e. The van der Waals surface area contributed by atoms with Crippen molar-refractivity contribution in [2.75, 3.05) is 0 Å². The molecule has 0 rings (SSSR count). The Kier molecular flexibility index (Phi) is 25.5. The fourth-order valence-electron chi connectivity index (χ4n) is 0.880. The van der Waals surface area contributed by atoms with E-state index in [0.717, 1.165) is 12.8 Å². The maximum atomic E-state index is 10.0. The van der Waals surface area contributed by atoms with E-state index in [2.05, 4.69) is 6.92 Å². The molecule has 0 heterocycles. The van der Waals surface area contributed by atoms with Gasteiger partial charge in [0.15, 0.2) is 0 Å². The number of carboxylic acid groups (broad SMARTS) is 1. The Morgan fingerprint density at radius 1 is 1.25 bits per heavy atom. The molecule has 0 aromatic carbocycles.